The number of carbonyl (C=O) groups is 4. The van der Waals surface area contributed by atoms with Crippen molar-refractivity contribution in [3.05, 3.63) is 21.7 Å². The second-order valence-electron chi connectivity index (χ2n) is 9.65. The first-order chi connectivity index (χ1) is 19.0. The van der Waals surface area contributed by atoms with E-state index in [1.165, 1.54) is 35.5 Å². The average Bonchev–Trinajstić information content (AvgIpc) is 3.59. The number of thioether (sulfide) groups is 2. The summed E-state index contributed by atoms with van der Waals surface area (Å²) in [6, 6.07) is -0.949. The van der Waals surface area contributed by atoms with Crippen molar-refractivity contribution in [3.8, 4) is 0 Å². The molecule has 1 aromatic rings. The van der Waals surface area contributed by atoms with E-state index in [0.717, 1.165) is 11.3 Å². The maximum absolute atomic E-state index is 13.3. The topological polar surface area (TPSA) is 181 Å². The number of rotatable bonds is 10. The number of fused-ring (bicyclic) bond motifs is 1. The van der Waals surface area contributed by atoms with E-state index in [2.05, 4.69) is 15.5 Å². The number of ether oxygens (including phenoxy) is 4. The summed E-state index contributed by atoms with van der Waals surface area (Å²) in [6.45, 7) is 5.03. The molecular formula is C23H29N5O9S3. The molecule has 17 heteroatoms. The van der Waals surface area contributed by atoms with Gasteiger partial charge >= 0.3 is 11.9 Å². The van der Waals surface area contributed by atoms with Gasteiger partial charge in [-0.25, -0.2) is 9.78 Å². The molecule has 0 bridgehead atoms. The van der Waals surface area contributed by atoms with Crippen molar-refractivity contribution in [3.63, 3.8) is 0 Å². The van der Waals surface area contributed by atoms with Crippen LogP contribution in [0.1, 0.15) is 26.5 Å². The first-order valence-electron chi connectivity index (χ1n) is 12.0. The number of hydrogen-bond donors (Lipinski definition) is 2. The lowest BCUT2D eigenvalue weighted by Crippen LogP contribution is -2.71. The molecular weight excluding hydrogens is 586 g/mol. The van der Waals surface area contributed by atoms with Gasteiger partial charge in [0.1, 0.15) is 36.7 Å². The second kappa shape index (κ2) is 12.8. The number of hydrogen-bond acceptors (Lipinski definition) is 15. The number of nitrogens with one attached hydrogen (secondary N) is 1. The van der Waals surface area contributed by atoms with Crippen molar-refractivity contribution >= 4 is 69.5 Å². The summed E-state index contributed by atoms with van der Waals surface area (Å²) >= 11 is 3.85. The molecule has 4 rings (SSSR count). The number of esters is 2. The van der Waals surface area contributed by atoms with E-state index in [-0.39, 0.29) is 35.1 Å². The largest absolute Gasteiger partial charge is 0.427 e. The van der Waals surface area contributed by atoms with Gasteiger partial charge in [-0.1, -0.05) is 5.16 Å². The molecule has 2 fully saturated rings. The lowest BCUT2D eigenvalue weighted by Gasteiger charge is -2.49. The number of aromatic nitrogens is 1. The van der Waals surface area contributed by atoms with Crippen molar-refractivity contribution in [2.45, 2.75) is 38.3 Å². The third kappa shape index (κ3) is 6.71. The molecule has 0 radical (unpaired) electrons. The van der Waals surface area contributed by atoms with Crippen LogP contribution >= 0.6 is 34.9 Å². The lowest BCUT2D eigenvalue weighted by molar-refractivity contribution is -0.173. The van der Waals surface area contributed by atoms with Crippen molar-refractivity contribution in [2.24, 2.45) is 10.6 Å². The summed E-state index contributed by atoms with van der Waals surface area (Å²) in [5.41, 5.74) is 4.99. The van der Waals surface area contributed by atoms with Gasteiger partial charge < -0.3 is 34.8 Å². The van der Waals surface area contributed by atoms with E-state index in [9.17, 15) is 19.2 Å². The molecule has 3 N–H and O–H groups in total. The van der Waals surface area contributed by atoms with Gasteiger partial charge in [-0.15, -0.1) is 34.9 Å². The zero-order chi connectivity index (χ0) is 29.0. The van der Waals surface area contributed by atoms with Crippen LogP contribution in [0, 0.1) is 5.41 Å². The Balaban J connectivity index is 1.49. The Morgan fingerprint density at radius 2 is 2.10 bits per heavy atom. The van der Waals surface area contributed by atoms with Crippen molar-refractivity contribution in [2.75, 3.05) is 44.5 Å². The van der Waals surface area contributed by atoms with E-state index in [4.69, 9.17) is 29.5 Å². The molecule has 3 aliphatic heterocycles. The number of nitrogens with zero attached hydrogens (tertiary/aromatic N) is 3. The number of nitrogens with two attached hydrogens (primary N) is 1. The van der Waals surface area contributed by atoms with Crippen LogP contribution in [0.25, 0.3) is 0 Å². The summed E-state index contributed by atoms with van der Waals surface area (Å²) in [5.74, 6) is -1.71. The van der Waals surface area contributed by atoms with Crippen LogP contribution in [0.2, 0.25) is 0 Å². The molecule has 0 saturated carbocycles. The van der Waals surface area contributed by atoms with Gasteiger partial charge in [0, 0.05) is 21.8 Å². The van der Waals surface area contributed by atoms with E-state index in [1.54, 1.807) is 26.2 Å². The molecule has 2 saturated heterocycles. The minimum absolute atomic E-state index is 0.0352. The first-order valence-corrected chi connectivity index (χ1v) is 14.9. The highest BCUT2D eigenvalue weighted by atomic mass is 32.2. The number of β-lactam (4-membered cyclic amide) rings is 1. The maximum atomic E-state index is 13.3. The molecule has 3 atom stereocenters. The molecule has 2 amide bonds. The highest BCUT2D eigenvalue weighted by molar-refractivity contribution is 8.06. The van der Waals surface area contributed by atoms with Crippen LogP contribution in [0.4, 0.5) is 5.13 Å². The van der Waals surface area contributed by atoms with E-state index in [0.29, 0.717) is 23.0 Å². The highest BCUT2D eigenvalue weighted by Gasteiger charge is 2.55. The summed E-state index contributed by atoms with van der Waals surface area (Å²) < 4.78 is 21.0. The fourth-order valence-corrected chi connectivity index (χ4v) is 6.85. The minimum Gasteiger partial charge on any atom is -0.427 e. The Bertz CT molecular complexity index is 1220. The minimum atomic E-state index is -0.949. The Morgan fingerprint density at radius 1 is 1.32 bits per heavy atom. The fourth-order valence-electron chi connectivity index (χ4n) is 3.68. The molecule has 2 unspecified atom stereocenters. The SMILES string of the molecule is CO/N=C(\C(=O)NC1C(=O)N2C(C(=O)OCOC(=O)C(C)(C)C)=C(SCC3COCO3)CS[C@@H]12)c1csc(N)n1. The highest BCUT2D eigenvalue weighted by Crippen LogP contribution is 2.44. The van der Waals surface area contributed by atoms with Gasteiger partial charge in [0.2, 0.25) is 6.79 Å². The summed E-state index contributed by atoms with van der Waals surface area (Å²) in [4.78, 5) is 62.3. The van der Waals surface area contributed by atoms with Crippen LogP contribution in [0.3, 0.4) is 0 Å². The molecule has 4 heterocycles. The molecule has 1 aromatic heterocycles. The number of amides is 2. The quantitative estimate of drug-likeness (QED) is 0.125. The summed E-state index contributed by atoms with van der Waals surface area (Å²) in [5, 5.41) is 7.60. The molecule has 0 aliphatic carbocycles. The smallest absolute Gasteiger partial charge is 0.358 e. The number of nitrogen functional groups attached to an aromatic ring is 1. The number of oxime groups is 1. The Morgan fingerprint density at radius 3 is 2.73 bits per heavy atom. The number of anilines is 1. The third-order valence-electron chi connectivity index (χ3n) is 5.70. The fraction of sp³-hybridized carbons (Fsp3) is 0.565. The summed E-state index contributed by atoms with van der Waals surface area (Å²) in [7, 11) is 1.28. The maximum Gasteiger partial charge on any atom is 0.358 e. The van der Waals surface area contributed by atoms with Crippen LogP contribution in [-0.4, -0.2) is 95.7 Å². The van der Waals surface area contributed by atoms with Crippen LogP contribution in [0.5, 0.6) is 0 Å². The van der Waals surface area contributed by atoms with Gasteiger partial charge in [-0.2, -0.15) is 0 Å². The van der Waals surface area contributed by atoms with Gasteiger partial charge in [0.25, 0.3) is 11.8 Å². The normalized spacial score (nSPS) is 22.9. The molecule has 218 valence electrons. The van der Waals surface area contributed by atoms with Crippen LogP contribution < -0.4 is 11.1 Å². The molecule has 40 heavy (non-hydrogen) atoms. The first kappa shape index (κ1) is 30.1. The molecule has 0 spiro atoms. The van der Waals surface area contributed by atoms with Gasteiger partial charge in [-0.05, 0) is 20.8 Å². The Labute approximate surface area is 242 Å². The molecule has 3 aliphatic rings. The summed E-state index contributed by atoms with van der Waals surface area (Å²) in [6.07, 6.45) is -0.164. The average molecular weight is 616 g/mol. The van der Waals surface area contributed by atoms with Gasteiger partial charge in [-0.3, -0.25) is 19.3 Å². The number of thiazole rings is 1. The van der Waals surface area contributed by atoms with Crippen LogP contribution in [-0.2, 0) is 43.0 Å². The van der Waals surface area contributed by atoms with Crippen LogP contribution in [0.15, 0.2) is 21.1 Å². The van der Waals surface area contributed by atoms with E-state index in [1.807, 2.05) is 0 Å². The zero-order valence-corrected chi connectivity index (χ0v) is 24.6. The zero-order valence-electron chi connectivity index (χ0n) is 22.2. The Hall–Kier alpha value is -2.86. The molecule has 0 aromatic carbocycles. The van der Waals surface area contributed by atoms with Crippen molar-refractivity contribution < 1.29 is 43.0 Å². The third-order valence-corrected chi connectivity index (χ3v) is 9.06. The predicted octanol–water partition coefficient (Wildman–Crippen LogP) is 0.883. The standard InChI is InChI=1S/C23H29N5O9S3/c1-23(2,3)21(32)37-10-36-20(31)16-13(38-6-11-5-34-9-35-11)8-39-19-15(18(30)28(16)19)26-17(29)14(27-33-4)12-7-40-22(24)25-12/h7,11,15,19H,5-6,8-10H2,1-4H3,(H2,24,25)(H,26,29)/b27-14-/t11?,15?,19-/m0/s1. The second-order valence-corrected chi connectivity index (χ2v) is 12.8. The van der Waals surface area contributed by atoms with Gasteiger partial charge in [0.05, 0.1) is 18.1 Å². The van der Waals surface area contributed by atoms with Crippen molar-refractivity contribution in [1.82, 2.24) is 15.2 Å². The lowest BCUT2D eigenvalue weighted by atomic mass is 9.98. The Kier molecular flexibility index (Phi) is 9.60. The van der Waals surface area contributed by atoms with E-state index < -0.39 is 47.4 Å². The number of carbonyl (C=O) groups excluding carboxylic acids is 4. The van der Waals surface area contributed by atoms with Gasteiger partial charge in [0.15, 0.2) is 10.8 Å². The predicted molar refractivity (Wildman–Crippen MR) is 147 cm³/mol. The molecule has 14 nitrogen and oxygen atoms in total. The van der Waals surface area contributed by atoms with E-state index >= 15 is 0 Å². The van der Waals surface area contributed by atoms with Crippen molar-refractivity contribution in [1.29, 1.82) is 0 Å². The monoisotopic (exact) mass is 615 g/mol.